The molecule has 28 heavy (non-hydrogen) atoms. The van der Waals surface area contributed by atoms with Crippen LogP contribution in [0.4, 0.5) is 0 Å². The summed E-state index contributed by atoms with van der Waals surface area (Å²) >= 11 is 1.56. The standard InChI is InChI=1S/C23H26N2O2S/c1-16(2)25(23(26)19-11-9-17(3)10-12-19)13-20-15-28-22(24-20)14-27-21-8-6-5-7-18(21)4/h5-12,15-16H,13-14H2,1-4H3. The Morgan fingerprint density at radius 3 is 2.50 bits per heavy atom. The Kier molecular flexibility index (Phi) is 6.47. The number of hydrogen-bond acceptors (Lipinski definition) is 4. The molecule has 0 radical (unpaired) electrons. The zero-order chi connectivity index (χ0) is 20.1. The Bertz CT molecular complexity index is 932. The highest BCUT2D eigenvalue weighted by Crippen LogP contribution is 2.20. The maximum atomic E-state index is 12.9. The van der Waals surface area contributed by atoms with E-state index < -0.39 is 0 Å². The van der Waals surface area contributed by atoms with E-state index in [4.69, 9.17) is 4.74 Å². The van der Waals surface area contributed by atoms with Crippen LogP contribution in [0.1, 0.15) is 46.0 Å². The van der Waals surface area contributed by atoms with Crippen molar-refractivity contribution in [2.75, 3.05) is 0 Å². The van der Waals surface area contributed by atoms with Gasteiger partial charge in [-0.1, -0.05) is 35.9 Å². The van der Waals surface area contributed by atoms with Crippen LogP contribution in [0.2, 0.25) is 0 Å². The van der Waals surface area contributed by atoms with E-state index in [1.54, 1.807) is 11.3 Å². The molecule has 1 aromatic heterocycles. The summed E-state index contributed by atoms with van der Waals surface area (Å²) < 4.78 is 5.88. The minimum absolute atomic E-state index is 0.0284. The first-order valence-corrected chi connectivity index (χ1v) is 10.3. The van der Waals surface area contributed by atoms with Crippen molar-refractivity contribution in [3.8, 4) is 5.75 Å². The second-order valence-electron chi connectivity index (χ2n) is 7.18. The summed E-state index contributed by atoms with van der Waals surface area (Å²) in [6, 6.07) is 15.7. The van der Waals surface area contributed by atoms with E-state index in [9.17, 15) is 4.79 Å². The van der Waals surface area contributed by atoms with Crippen LogP contribution >= 0.6 is 11.3 Å². The number of nitrogens with zero attached hydrogens (tertiary/aromatic N) is 2. The van der Waals surface area contributed by atoms with Crippen LogP contribution in [0, 0.1) is 13.8 Å². The number of carbonyl (C=O) groups is 1. The Morgan fingerprint density at radius 1 is 1.11 bits per heavy atom. The molecule has 5 heteroatoms. The lowest BCUT2D eigenvalue weighted by molar-refractivity contribution is 0.0688. The third-order valence-electron chi connectivity index (χ3n) is 4.56. The summed E-state index contributed by atoms with van der Waals surface area (Å²) in [6.45, 7) is 9.03. The Balaban J connectivity index is 1.66. The third-order valence-corrected chi connectivity index (χ3v) is 5.43. The van der Waals surface area contributed by atoms with E-state index in [-0.39, 0.29) is 11.9 Å². The molecule has 0 bridgehead atoms. The van der Waals surface area contributed by atoms with E-state index in [1.165, 1.54) is 0 Å². The van der Waals surface area contributed by atoms with Gasteiger partial charge in [0, 0.05) is 17.0 Å². The minimum atomic E-state index is 0.0284. The average molecular weight is 395 g/mol. The molecule has 2 aromatic carbocycles. The summed E-state index contributed by atoms with van der Waals surface area (Å²) in [6.07, 6.45) is 0. The number of para-hydroxylation sites is 1. The van der Waals surface area contributed by atoms with Gasteiger partial charge in [0.25, 0.3) is 5.91 Å². The number of benzene rings is 2. The van der Waals surface area contributed by atoms with Crippen molar-refractivity contribution in [2.24, 2.45) is 0 Å². The van der Waals surface area contributed by atoms with E-state index in [1.807, 2.05) is 86.5 Å². The lowest BCUT2D eigenvalue weighted by Crippen LogP contribution is -2.36. The molecule has 4 nitrogen and oxygen atoms in total. The smallest absolute Gasteiger partial charge is 0.254 e. The molecule has 0 unspecified atom stereocenters. The highest BCUT2D eigenvalue weighted by molar-refractivity contribution is 7.09. The molecule has 1 amide bonds. The largest absolute Gasteiger partial charge is 0.486 e. The van der Waals surface area contributed by atoms with E-state index in [0.717, 1.165) is 27.6 Å². The van der Waals surface area contributed by atoms with Crippen LogP contribution in [0.3, 0.4) is 0 Å². The normalized spacial score (nSPS) is 10.9. The molecule has 1 heterocycles. The predicted octanol–water partition coefficient (Wildman–Crippen LogP) is 5.39. The second kappa shape index (κ2) is 9.02. The number of ether oxygens (including phenoxy) is 1. The maximum absolute atomic E-state index is 12.9. The van der Waals surface area contributed by atoms with Gasteiger partial charge in [0.1, 0.15) is 17.4 Å². The van der Waals surface area contributed by atoms with Crippen molar-refractivity contribution in [2.45, 2.75) is 46.9 Å². The topological polar surface area (TPSA) is 42.4 Å². The van der Waals surface area contributed by atoms with E-state index in [0.29, 0.717) is 18.7 Å². The van der Waals surface area contributed by atoms with Crippen LogP contribution in [-0.2, 0) is 13.2 Å². The SMILES string of the molecule is Cc1ccc(C(=O)N(Cc2csc(COc3ccccc3C)n2)C(C)C)cc1. The van der Waals surface area contributed by atoms with Crippen molar-refractivity contribution in [1.82, 2.24) is 9.88 Å². The molecule has 0 aliphatic rings. The van der Waals surface area contributed by atoms with Crippen molar-refractivity contribution >= 4 is 17.2 Å². The molecule has 0 fully saturated rings. The van der Waals surface area contributed by atoms with Crippen molar-refractivity contribution in [3.05, 3.63) is 81.3 Å². The first-order chi connectivity index (χ1) is 13.4. The highest BCUT2D eigenvalue weighted by atomic mass is 32.1. The molecule has 0 saturated carbocycles. The van der Waals surface area contributed by atoms with Crippen LogP contribution in [-0.4, -0.2) is 21.8 Å². The van der Waals surface area contributed by atoms with Gasteiger partial charge < -0.3 is 9.64 Å². The minimum Gasteiger partial charge on any atom is -0.486 e. The zero-order valence-electron chi connectivity index (χ0n) is 16.8. The third kappa shape index (κ3) is 4.98. The van der Waals surface area contributed by atoms with Gasteiger partial charge in [0.15, 0.2) is 0 Å². The molecule has 3 rings (SSSR count). The van der Waals surface area contributed by atoms with Gasteiger partial charge in [-0.05, 0) is 51.5 Å². The summed E-state index contributed by atoms with van der Waals surface area (Å²) in [7, 11) is 0. The maximum Gasteiger partial charge on any atom is 0.254 e. The molecule has 0 saturated heterocycles. The van der Waals surface area contributed by atoms with Crippen molar-refractivity contribution < 1.29 is 9.53 Å². The molecule has 0 aliphatic heterocycles. The molecular weight excluding hydrogens is 368 g/mol. The molecule has 0 aliphatic carbocycles. The fourth-order valence-corrected chi connectivity index (χ4v) is 3.57. The first kappa shape index (κ1) is 20.1. The quantitative estimate of drug-likeness (QED) is 0.539. The first-order valence-electron chi connectivity index (χ1n) is 9.43. The van der Waals surface area contributed by atoms with Gasteiger partial charge in [-0.2, -0.15) is 0 Å². The summed E-state index contributed by atoms with van der Waals surface area (Å²) in [5.41, 5.74) is 3.85. The number of thiazole rings is 1. The average Bonchev–Trinajstić information content (AvgIpc) is 3.13. The molecule has 146 valence electrons. The van der Waals surface area contributed by atoms with Gasteiger partial charge in [0.05, 0.1) is 12.2 Å². The number of rotatable bonds is 7. The van der Waals surface area contributed by atoms with E-state index >= 15 is 0 Å². The van der Waals surface area contributed by atoms with Crippen LogP contribution in [0.25, 0.3) is 0 Å². The van der Waals surface area contributed by atoms with Gasteiger partial charge in [0.2, 0.25) is 0 Å². The van der Waals surface area contributed by atoms with Crippen molar-refractivity contribution in [1.29, 1.82) is 0 Å². The number of aromatic nitrogens is 1. The number of carbonyl (C=O) groups excluding carboxylic acids is 1. The lowest BCUT2D eigenvalue weighted by Gasteiger charge is -2.26. The van der Waals surface area contributed by atoms with E-state index in [2.05, 4.69) is 4.98 Å². The molecule has 0 N–H and O–H groups in total. The fourth-order valence-electron chi connectivity index (χ4n) is 2.87. The Morgan fingerprint density at radius 2 is 1.82 bits per heavy atom. The molecular formula is C23H26N2O2S. The monoisotopic (exact) mass is 394 g/mol. The molecule has 0 atom stereocenters. The van der Waals surface area contributed by atoms with Crippen LogP contribution in [0.5, 0.6) is 5.75 Å². The van der Waals surface area contributed by atoms with Gasteiger partial charge in [-0.15, -0.1) is 11.3 Å². The summed E-state index contributed by atoms with van der Waals surface area (Å²) in [5.74, 6) is 0.901. The van der Waals surface area contributed by atoms with Crippen LogP contribution in [0.15, 0.2) is 53.9 Å². The lowest BCUT2D eigenvalue weighted by atomic mass is 10.1. The zero-order valence-corrected chi connectivity index (χ0v) is 17.6. The number of amides is 1. The predicted molar refractivity (Wildman–Crippen MR) is 114 cm³/mol. The second-order valence-corrected chi connectivity index (χ2v) is 8.12. The number of hydrogen-bond donors (Lipinski definition) is 0. The molecule has 0 spiro atoms. The van der Waals surface area contributed by atoms with Gasteiger partial charge in [-0.3, -0.25) is 4.79 Å². The highest BCUT2D eigenvalue weighted by Gasteiger charge is 2.20. The summed E-state index contributed by atoms with van der Waals surface area (Å²) in [4.78, 5) is 19.5. The van der Waals surface area contributed by atoms with Gasteiger partial charge >= 0.3 is 0 Å². The molecule has 3 aromatic rings. The van der Waals surface area contributed by atoms with Gasteiger partial charge in [-0.25, -0.2) is 4.98 Å². The Labute approximate surface area is 170 Å². The number of aryl methyl sites for hydroxylation is 2. The summed E-state index contributed by atoms with van der Waals surface area (Å²) in [5, 5.41) is 2.92. The Hall–Kier alpha value is -2.66. The van der Waals surface area contributed by atoms with Crippen LogP contribution < -0.4 is 4.74 Å². The fraction of sp³-hybridized carbons (Fsp3) is 0.304. The van der Waals surface area contributed by atoms with Crippen molar-refractivity contribution in [3.63, 3.8) is 0 Å².